The van der Waals surface area contributed by atoms with Gasteiger partial charge in [-0.05, 0) is 80.4 Å². The lowest BCUT2D eigenvalue weighted by atomic mass is 9.92. The molecule has 0 amide bonds. The highest BCUT2D eigenvalue weighted by molar-refractivity contribution is 6.06. The van der Waals surface area contributed by atoms with E-state index in [-0.39, 0.29) is 51.5 Å². The molecule has 2 bridgehead atoms. The molecule has 0 unspecified atom stereocenters. The standard InChI is InChI=1S/C35H33F2N5O3/c1-2-22-25(36)6-4-19-12-21(43)13-23(29(19)22)24-14-28-30-32(31(24)37)39-34(45-18-35(8-9-35)17-41-10-3-11-41)40-33(30)42-15-20-5-7-26(38-20)27(42)16-44-28/h1,4,6,12-14,20,26-27,38,43H,3,5,7-11,15-18H2/t20-,26+,27-/m1/s1. The fourth-order valence-electron chi connectivity index (χ4n) is 7.84. The Kier molecular flexibility index (Phi) is 5.97. The molecule has 4 fully saturated rings. The van der Waals surface area contributed by atoms with E-state index in [2.05, 4.69) is 26.0 Å². The van der Waals surface area contributed by atoms with Crippen molar-refractivity contribution in [3.8, 4) is 41.0 Å². The SMILES string of the molecule is C#Cc1c(F)ccc2cc(O)cc(-c3cc4c5c(nc(OCC6(CN7CCC7)CC6)nc5c3F)N3C[C@H]5CC[C@H](N5)[C@H]3CO4)c12. The first-order valence-corrected chi connectivity index (χ1v) is 15.9. The number of terminal acetylenes is 1. The zero-order chi connectivity index (χ0) is 30.4. The molecule has 0 radical (unpaired) electrons. The summed E-state index contributed by atoms with van der Waals surface area (Å²) in [6, 6.07) is 7.96. The lowest BCUT2D eigenvalue weighted by molar-refractivity contribution is 0.111. The molecule has 5 heterocycles. The number of fused-ring (bicyclic) bond motifs is 6. The van der Waals surface area contributed by atoms with Crippen LogP contribution in [0.25, 0.3) is 32.8 Å². The summed E-state index contributed by atoms with van der Waals surface area (Å²) >= 11 is 0. The quantitative estimate of drug-likeness (QED) is 0.297. The maximum Gasteiger partial charge on any atom is 0.319 e. The van der Waals surface area contributed by atoms with Crippen LogP contribution in [0.15, 0.2) is 30.3 Å². The number of nitrogens with one attached hydrogen (secondary N) is 1. The van der Waals surface area contributed by atoms with Crippen LogP contribution in [-0.2, 0) is 0 Å². The number of phenols is 1. The lowest BCUT2D eigenvalue weighted by Gasteiger charge is -2.40. The van der Waals surface area contributed by atoms with Crippen molar-refractivity contribution in [1.29, 1.82) is 0 Å². The Balaban J connectivity index is 1.23. The molecule has 4 aliphatic heterocycles. The van der Waals surface area contributed by atoms with Gasteiger partial charge in [0.05, 0.1) is 23.6 Å². The van der Waals surface area contributed by atoms with Gasteiger partial charge in [0.25, 0.3) is 0 Å². The van der Waals surface area contributed by atoms with E-state index in [4.69, 9.17) is 20.9 Å². The van der Waals surface area contributed by atoms with Crippen LogP contribution in [0.3, 0.4) is 0 Å². The molecule has 1 saturated carbocycles. The number of aromatic nitrogens is 2. The summed E-state index contributed by atoms with van der Waals surface area (Å²) in [4.78, 5) is 14.3. The molecule has 230 valence electrons. The summed E-state index contributed by atoms with van der Waals surface area (Å²) in [6.07, 6.45) is 11.2. The molecule has 8 nitrogen and oxygen atoms in total. The van der Waals surface area contributed by atoms with E-state index in [0.717, 1.165) is 51.9 Å². The monoisotopic (exact) mass is 609 g/mol. The number of rotatable bonds is 6. The van der Waals surface area contributed by atoms with Gasteiger partial charge in [0.1, 0.15) is 35.3 Å². The lowest BCUT2D eigenvalue weighted by Crippen LogP contribution is -2.60. The van der Waals surface area contributed by atoms with Crippen molar-refractivity contribution in [1.82, 2.24) is 20.2 Å². The zero-order valence-electron chi connectivity index (χ0n) is 24.8. The maximum atomic E-state index is 17.0. The van der Waals surface area contributed by atoms with Gasteiger partial charge in [-0.2, -0.15) is 9.97 Å². The third-order valence-electron chi connectivity index (χ3n) is 10.5. The van der Waals surface area contributed by atoms with Crippen molar-refractivity contribution in [2.75, 3.05) is 44.3 Å². The van der Waals surface area contributed by atoms with Crippen LogP contribution < -0.4 is 19.7 Å². The van der Waals surface area contributed by atoms with Crippen LogP contribution in [0.2, 0.25) is 0 Å². The first kappa shape index (κ1) is 27.1. The second-order valence-corrected chi connectivity index (χ2v) is 13.4. The van der Waals surface area contributed by atoms with Crippen molar-refractivity contribution in [2.24, 2.45) is 5.41 Å². The van der Waals surface area contributed by atoms with Gasteiger partial charge in [0, 0.05) is 41.5 Å². The normalized spacial score (nSPS) is 24.5. The molecule has 1 aliphatic carbocycles. The second-order valence-electron chi connectivity index (χ2n) is 13.4. The van der Waals surface area contributed by atoms with Gasteiger partial charge in [-0.25, -0.2) is 8.78 Å². The van der Waals surface area contributed by atoms with E-state index in [1.165, 1.54) is 30.7 Å². The molecule has 10 heteroatoms. The Morgan fingerprint density at radius 2 is 1.98 bits per heavy atom. The number of hydrogen-bond acceptors (Lipinski definition) is 8. The van der Waals surface area contributed by atoms with Gasteiger partial charge in [-0.3, -0.25) is 0 Å². The van der Waals surface area contributed by atoms with Crippen LogP contribution in [0.4, 0.5) is 14.6 Å². The largest absolute Gasteiger partial charge is 0.508 e. The Morgan fingerprint density at radius 3 is 2.76 bits per heavy atom. The number of benzene rings is 3. The Labute approximate surface area is 259 Å². The Hall–Kier alpha value is -4.20. The average Bonchev–Trinajstić information content (AvgIpc) is 3.72. The molecule has 3 atom stereocenters. The van der Waals surface area contributed by atoms with Gasteiger partial charge < -0.3 is 29.7 Å². The molecule has 0 spiro atoms. The van der Waals surface area contributed by atoms with Crippen LogP contribution in [-0.4, -0.2) is 77.5 Å². The number of piperazine rings is 1. The highest BCUT2D eigenvalue weighted by Gasteiger charge is 2.47. The number of anilines is 1. The number of nitrogens with zero attached hydrogens (tertiary/aromatic N) is 4. The number of aromatic hydroxyl groups is 1. The molecule has 9 rings (SSSR count). The molecular formula is C35H33F2N5O3. The number of hydrogen-bond donors (Lipinski definition) is 2. The van der Waals surface area contributed by atoms with Gasteiger partial charge in [0.15, 0.2) is 5.82 Å². The summed E-state index contributed by atoms with van der Waals surface area (Å²) in [5, 5.41) is 15.7. The minimum absolute atomic E-state index is 0.00135. The first-order valence-electron chi connectivity index (χ1n) is 15.9. The summed E-state index contributed by atoms with van der Waals surface area (Å²) < 4.78 is 44.8. The highest BCUT2D eigenvalue weighted by atomic mass is 19.1. The molecular weight excluding hydrogens is 576 g/mol. The van der Waals surface area contributed by atoms with Crippen LogP contribution in [0.1, 0.15) is 37.7 Å². The van der Waals surface area contributed by atoms with Crippen LogP contribution in [0, 0.1) is 29.4 Å². The Morgan fingerprint density at radius 1 is 1.11 bits per heavy atom. The molecule has 3 aromatic carbocycles. The Bertz CT molecular complexity index is 1940. The summed E-state index contributed by atoms with van der Waals surface area (Å²) in [7, 11) is 0. The van der Waals surface area contributed by atoms with Crippen molar-refractivity contribution in [2.45, 2.75) is 50.2 Å². The van der Waals surface area contributed by atoms with Crippen molar-refractivity contribution in [3.63, 3.8) is 0 Å². The number of ether oxygens (including phenoxy) is 2. The van der Waals surface area contributed by atoms with Gasteiger partial charge in [0.2, 0.25) is 0 Å². The first-order chi connectivity index (χ1) is 21.9. The van der Waals surface area contributed by atoms with E-state index in [9.17, 15) is 9.50 Å². The van der Waals surface area contributed by atoms with Crippen LogP contribution >= 0.6 is 0 Å². The van der Waals surface area contributed by atoms with Crippen molar-refractivity contribution in [3.05, 3.63) is 47.5 Å². The molecule has 4 aromatic rings. The molecule has 5 aliphatic rings. The van der Waals surface area contributed by atoms with Gasteiger partial charge in [-0.15, -0.1) is 6.42 Å². The van der Waals surface area contributed by atoms with E-state index in [0.29, 0.717) is 47.0 Å². The number of halogens is 2. The van der Waals surface area contributed by atoms with E-state index >= 15 is 4.39 Å². The molecule has 3 saturated heterocycles. The number of phenolic OH excluding ortho intramolecular Hbond substituents is 1. The summed E-state index contributed by atoms with van der Waals surface area (Å²) in [5.41, 5.74) is 0.503. The van der Waals surface area contributed by atoms with Crippen molar-refractivity contribution < 1.29 is 23.4 Å². The fraction of sp³-hybridized carbons (Fsp3) is 0.429. The minimum Gasteiger partial charge on any atom is -0.508 e. The summed E-state index contributed by atoms with van der Waals surface area (Å²) in [5.74, 6) is 2.14. The predicted molar refractivity (Wildman–Crippen MR) is 167 cm³/mol. The van der Waals surface area contributed by atoms with Gasteiger partial charge >= 0.3 is 6.01 Å². The topological polar surface area (TPSA) is 83.0 Å². The third kappa shape index (κ3) is 4.32. The third-order valence-corrected chi connectivity index (χ3v) is 10.5. The minimum atomic E-state index is -0.636. The van der Waals surface area contributed by atoms with Crippen LogP contribution in [0.5, 0.6) is 17.5 Å². The average molecular weight is 610 g/mol. The van der Waals surface area contributed by atoms with E-state index < -0.39 is 11.6 Å². The van der Waals surface area contributed by atoms with E-state index in [1.54, 1.807) is 6.07 Å². The molecule has 2 N–H and O–H groups in total. The molecule has 1 aromatic heterocycles. The second kappa shape index (κ2) is 9.90. The smallest absolute Gasteiger partial charge is 0.319 e. The zero-order valence-corrected chi connectivity index (χ0v) is 24.8. The fourth-order valence-corrected chi connectivity index (χ4v) is 7.84. The predicted octanol–water partition coefficient (Wildman–Crippen LogP) is 4.98. The highest BCUT2D eigenvalue weighted by Crippen LogP contribution is 2.49. The molecule has 45 heavy (non-hydrogen) atoms. The van der Waals surface area contributed by atoms with Gasteiger partial charge in [-0.1, -0.05) is 12.0 Å². The maximum absolute atomic E-state index is 17.0. The van der Waals surface area contributed by atoms with Crippen molar-refractivity contribution >= 4 is 27.5 Å². The van der Waals surface area contributed by atoms with E-state index in [1.807, 2.05) is 0 Å². The summed E-state index contributed by atoms with van der Waals surface area (Å²) in [6.45, 7) is 4.80. The number of likely N-dealkylation sites (tertiary alicyclic amines) is 1.